The van der Waals surface area contributed by atoms with E-state index >= 15 is 0 Å². The van der Waals surface area contributed by atoms with Crippen LogP contribution in [0.3, 0.4) is 0 Å². The highest BCUT2D eigenvalue weighted by molar-refractivity contribution is 5.94. The summed E-state index contributed by atoms with van der Waals surface area (Å²) in [5.41, 5.74) is -0.938. The lowest BCUT2D eigenvalue weighted by molar-refractivity contribution is -0.137. The molecule has 1 aromatic carbocycles. The molecule has 1 atom stereocenters. The summed E-state index contributed by atoms with van der Waals surface area (Å²) in [5, 5.41) is 9.27. The number of carboxylic acid groups (broad SMARTS) is 1. The maximum absolute atomic E-state index is 12.8. The van der Waals surface area contributed by atoms with Crippen LogP contribution in [0.4, 0.5) is 18.9 Å². The molecule has 0 aromatic heterocycles. The molecule has 1 N–H and O–H groups in total. The van der Waals surface area contributed by atoms with Gasteiger partial charge in [0, 0.05) is 19.7 Å². The molecule has 2 fully saturated rings. The lowest BCUT2D eigenvalue weighted by Crippen LogP contribution is -2.25. The highest BCUT2D eigenvalue weighted by Crippen LogP contribution is 2.35. The summed E-state index contributed by atoms with van der Waals surface area (Å²) in [4.78, 5) is 13.2. The van der Waals surface area contributed by atoms with Crippen molar-refractivity contribution in [2.45, 2.75) is 38.0 Å². The lowest BCUT2D eigenvalue weighted by Gasteiger charge is -2.22. The van der Waals surface area contributed by atoms with Crippen molar-refractivity contribution in [3.8, 4) is 0 Å². The predicted octanol–water partition coefficient (Wildman–Crippen LogP) is 3.80. The van der Waals surface area contributed by atoms with Crippen molar-refractivity contribution in [1.29, 1.82) is 0 Å². The molecule has 4 nitrogen and oxygen atoms in total. The molecule has 2 aliphatic rings. The normalized spacial score (nSPS) is 21.3. The number of carbonyl (C=O) groups is 1. The molecule has 1 aromatic rings. The molecule has 3 rings (SSSR count). The number of halogens is 3. The molecular formula is C17H20F3NO3. The van der Waals surface area contributed by atoms with Crippen LogP contribution in [-0.2, 0) is 10.9 Å². The average Bonchev–Trinajstić information content (AvgIpc) is 3.22. The fraction of sp³-hybridized carbons (Fsp3) is 0.588. The van der Waals surface area contributed by atoms with E-state index < -0.39 is 17.7 Å². The van der Waals surface area contributed by atoms with Crippen LogP contribution in [0.2, 0.25) is 0 Å². The highest BCUT2D eigenvalue weighted by atomic mass is 19.4. The third kappa shape index (κ3) is 4.01. The number of ether oxygens (including phenoxy) is 1. The van der Waals surface area contributed by atoms with Gasteiger partial charge in [-0.3, -0.25) is 0 Å². The second-order valence-electron chi connectivity index (χ2n) is 6.49. The molecule has 1 aliphatic carbocycles. The van der Waals surface area contributed by atoms with E-state index in [0.717, 1.165) is 24.8 Å². The molecule has 0 bridgehead atoms. The Labute approximate surface area is 138 Å². The second-order valence-corrected chi connectivity index (χ2v) is 6.49. The maximum atomic E-state index is 12.8. The zero-order chi connectivity index (χ0) is 17.3. The standard InChI is InChI=1S/C17H20F3NO3/c18-17(19,20)12-3-4-15(14(9-12)16(22)23)21-7-5-13(10-21)24-8-6-11-1-2-11/h3-4,9,11,13H,1-2,5-8,10H2,(H,22,23)/t13-/m0/s1. The second kappa shape index (κ2) is 6.63. The minimum atomic E-state index is -4.55. The van der Waals surface area contributed by atoms with E-state index in [1.54, 1.807) is 4.90 Å². The monoisotopic (exact) mass is 343 g/mol. The third-order valence-electron chi connectivity index (χ3n) is 4.62. The average molecular weight is 343 g/mol. The number of hydrogen-bond donors (Lipinski definition) is 1. The van der Waals surface area contributed by atoms with Gasteiger partial charge in [0.05, 0.1) is 22.9 Å². The van der Waals surface area contributed by atoms with Crippen molar-refractivity contribution in [1.82, 2.24) is 0 Å². The zero-order valence-electron chi connectivity index (χ0n) is 13.2. The highest BCUT2D eigenvalue weighted by Gasteiger charge is 2.33. The summed E-state index contributed by atoms with van der Waals surface area (Å²) >= 11 is 0. The molecule has 7 heteroatoms. The SMILES string of the molecule is O=C(O)c1cc(C(F)(F)F)ccc1N1CC[C@H](OCCC2CC2)C1. The lowest BCUT2D eigenvalue weighted by atomic mass is 10.1. The summed E-state index contributed by atoms with van der Waals surface area (Å²) in [6.45, 7) is 1.79. The Hall–Kier alpha value is -1.76. The van der Waals surface area contributed by atoms with Gasteiger partial charge in [0.2, 0.25) is 0 Å². The van der Waals surface area contributed by atoms with Gasteiger partial charge in [0.15, 0.2) is 0 Å². The number of hydrogen-bond acceptors (Lipinski definition) is 3. The molecular weight excluding hydrogens is 323 g/mol. The van der Waals surface area contributed by atoms with Crippen molar-refractivity contribution in [2.24, 2.45) is 5.92 Å². The Morgan fingerprint density at radius 1 is 1.29 bits per heavy atom. The van der Waals surface area contributed by atoms with E-state index in [1.807, 2.05) is 0 Å². The van der Waals surface area contributed by atoms with E-state index in [-0.39, 0.29) is 11.7 Å². The van der Waals surface area contributed by atoms with Crippen molar-refractivity contribution < 1.29 is 27.8 Å². The first-order valence-corrected chi connectivity index (χ1v) is 8.15. The van der Waals surface area contributed by atoms with Gasteiger partial charge in [-0.25, -0.2) is 4.79 Å². The van der Waals surface area contributed by atoms with E-state index in [9.17, 15) is 23.1 Å². The molecule has 0 amide bonds. The quantitative estimate of drug-likeness (QED) is 0.854. The molecule has 1 saturated carbocycles. The zero-order valence-corrected chi connectivity index (χ0v) is 13.2. The number of aromatic carboxylic acids is 1. The van der Waals surface area contributed by atoms with Gasteiger partial charge in [0.25, 0.3) is 0 Å². The number of alkyl halides is 3. The Balaban J connectivity index is 1.68. The van der Waals surface area contributed by atoms with Crippen molar-refractivity contribution in [3.05, 3.63) is 29.3 Å². The van der Waals surface area contributed by atoms with E-state index in [2.05, 4.69) is 0 Å². The first kappa shape index (κ1) is 17.1. The van der Waals surface area contributed by atoms with Crippen LogP contribution in [0.25, 0.3) is 0 Å². The third-order valence-corrected chi connectivity index (χ3v) is 4.62. The van der Waals surface area contributed by atoms with Crippen LogP contribution in [-0.4, -0.2) is 36.9 Å². The predicted molar refractivity (Wildman–Crippen MR) is 82.3 cm³/mol. The van der Waals surface area contributed by atoms with E-state index in [4.69, 9.17) is 4.74 Å². The van der Waals surface area contributed by atoms with Crippen molar-refractivity contribution in [2.75, 3.05) is 24.6 Å². The summed E-state index contributed by atoms with van der Waals surface area (Å²) in [5.74, 6) is -0.565. The minimum absolute atomic E-state index is 0.00712. The van der Waals surface area contributed by atoms with Gasteiger partial charge in [-0.1, -0.05) is 12.8 Å². The van der Waals surface area contributed by atoms with Gasteiger partial charge >= 0.3 is 12.1 Å². The van der Waals surface area contributed by atoms with Crippen LogP contribution >= 0.6 is 0 Å². The van der Waals surface area contributed by atoms with Crippen LogP contribution in [0.1, 0.15) is 41.6 Å². The summed E-state index contributed by atoms with van der Waals surface area (Å²) in [6.07, 6.45) is -0.196. The number of anilines is 1. The summed E-state index contributed by atoms with van der Waals surface area (Å²) in [7, 11) is 0. The fourth-order valence-electron chi connectivity index (χ4n) is 3.05. The van der Waals surface area contributed by atoms with Crippen LogP contribution < -0.4 is 4.90 Å². The Kier molecular flexibility index (Phi) is 4.71. The first-order chi connectivity index (χ1) is 11.3. The number of benzene rings is 1. The van der Waals surface area contributed by atoms with Gasteiger partial charge in [-0.15, -0.1) is 0 Å². The first-order valence-electron chi connectivity index (χ1n) is 8.15. The molecule has 0 spiro atoms. The van der Waals surface area contributed by atoms with E-state index in [1.165, 1.54) is 18.9 Å². The number of nitrogens with zero attached hydrogens (tertiary/aromatic N) is 1. The fourth-order valence-corrected chi connectivity index (χ4v) is 3.05. The summed E-state index contributed by atoms with van der Waals surface area (Å²) < 4.78 is 44.2. The van der Waals surface area contributed by atoms with Gasteiger partial charge in [0.1, 0.15) is 0 Å². The topological polar surface area (TPSA) is 49.8 Å². The molecule has 1 aliphatic heterocycles. The number of carboxylic acids is 1. The molecule has 1 heterocycles. The van der Waals surface area contributed by atoms with Crippen LogP contribution in [0.15, 0.2) is 18.2 Å². The Morgan fingerprint density at radius 2 is 2.04 bits per heavy atom. The van der Waals surface area contributed by atoms with Gasteiger partial charge in [-0.05, 0) is 37.0 Å². The molecule has 0 unspecified atom stereocenters. The smallest absolute Gasteiger partial charge is 0.416 e. The number of rotatable bonds is 6. The Bertz CT molecular complexity index is 614. The van der Waals surface area contributed by atoms with Crippen LogP contribution in [0.5, 0.6) is 0 Å². The van der Waals surface area contributed by atoms with E-state index in [0.29, 0.717) is 31.5 Å². The van der Waals surface area contributed by atoms with Crippen LogP contribution in [0, 0.1) is 5.92 Å². The molecule has 132 valence electrons. The van der Waals surface area contributed by atoms with Crippen molar-refractivity contribution in [3.63, 3.8) is 0 Å². The van der Waals surface area contributed by atoms with Crippen molar-refractivity contribution >= 4 is 11.7 Å². The Morgan fingerprint density at radius 3 is 2.67 bits per heavy atom. The van der Waals surface area contributed by atoms with Gasteiger partial charge < -0.3 is 14.7 Å². The maximum Gasteiger partial charge on any atom is 0.416 e. The molecule has 24 heavy (non-hydrogen) atoms. The molecule has 1 saturated heterocycles. The minimum Gasteiger partial charge on any atom is -0.478 e. The largest absolute Gasteiger partial charge is 0.478 e. The summed E-state index contributed by atoms with van der Waals surface area (Å²) in [6, 6.07) is 2.89. The van der Waals surface area contributed by atoms with Gasteiger partial charge in [-0.2, -0.15) is 13.2 Å². The molecule has 0 radical (unpaired) electrons.